The Hall–Kier alpha value is -1.09. The lowest BCUT2D eigenvalue weighted by atomic mass is 10.0. The van der Waals surface area contributed by atoms with Gasteiger partial charge in [-0.05, 0) is 42.1 Å². The van der Waals surface area contributed by atoms with Gasteiger partial charge >= 0.3 is 0 Å². The minimum atomic E-state index is 0.975. The number of fused-ring (bicyclic) bond motifs is 1. The molecular formula is C14H15BrN2. The van der Waals surface area contributed by atoms with Gasteiger partial charge in [-0.1, -0.05) is 29.8 Å². The molecule has 1 aliphatic heterocycles. The second kappa shape index (κ2) is 4.30. The minimum absolute atomic E-state index is 0.975. The summed E-state index contributed by atoms with van der Waals surface area (Å²) in [5, 5.41) is 0. The average molecular weight is 291 g/mol. The van der Waals surface area contributed by atoms with Crippen LogP contribution in [0.5, 0.6) is 0 Å². The van der Waals surface area contributed by atoms with E-state index in [-0.39, 0.29) is 0 Å². The molecule has 0 radical (unpaired) electrons. The van der Waals surface area contributed by atoms with E-state index in [2.05, 4.69) is 56.7 Å². The second-order valence-corrected chi connectivity index (χ2v) is 5.36. The number of rotatable bonds is 1. The standard InChI is InChI=1S/C14H15BrN2/c1-10-5-7-11(8-6-10)13-12-4-2-3-9-17(12)14(15)16-13/h5-8H,2-4,9H2,1H3. The smallest absolute Gasteiger partial charge is 0.177 e. The fourth-order valence-corrected chi connectivity index (χ4v) is 3.01. The fraction of sp³-hybridized carbons (Fsp3) is 0.357. The molecule has 0 bridgehead atoms. The predicted molar refractivity (Wildman–Crippen MR) is 73.0 cm³/mol. The molecule has 0 saturated carbocycles. The highest BCUT2D eigenvalue weighted by atomic mass is 79.9. The number of benzene rings is 1. The summed E-state index contributed by atoms with van der Waals surface area (Å²) in [6, 6.07) is 8.63. The lowest BCUT2D eigenvalue weighted by Crippen LogP contribution is -2.10. The van der Waals surface area contributed by atoms with Crippen LogP contribution in [0.25, 0.3) is 11.3 Å². The molecule has 0 spiro atoms. The van der Waals surface area contributed by atoms with E-state index in [1.807, 2.05) is 0 Å². The van der Waals surface area contributed by atoms with E-state index in [9.17, 15) is 0 Å². The normalized spacial score (nSPS) is 14.7. The monoisotopic (exact) mass is 290 g/mol. The van der Waals surface area contributed by atoms with Crippen molar-refractivity contribution in [3.8, 4) is 11.3 Å². The van der Waals surface area contributed by atoms with Crippen molar-refractivity contribution in [2.75, 3.05) is 0 Å². The summed E-state index contributed by atoms with van der Waals surface area (Å²) in [6.45, 7) is 3.21. The van der Waals surface area contributed by atoms with Crippen molar-refractivity contribution in [2.24, 2.45) is 0 Å². The molecule has 0 atom stereocenters. The molecule has 1 aromatic carbocycles. The lowest BCUT2D eigenvalue weighted by Gasteiger charge is -2.15. The minimum Gasteiger partial charge on any atom is -0.322 e. The number of halogens is 1. The maximum atomic E-state index is 4.67. The summed E-state index contributed by atoms with van der Waals surface area (Å²) in [5.74, 6) is 0. The van der Waals surface area contributed by atoms with Gasteiger partial charge in [-0.3, -0.25) is 0 Å². The Labute approximate surface area is 110 Å². The first-order valence-electron chi connectivity index (χ1n) is 6.07. The van der Waals surface area contributed by atoms with E-state index in [1.165, 1.54) is 29.7 Å². The Balaban J connectivity index is 2.11. The van der Waals surface area contributed by atoms with E-state index < -0.39 is 0 Å². The molecule has 1 aromatic heterocycles. The van der Waals surface area contributed by atoms with Gasteiger partial charge in [0.05, 0.1) is 5.69 Å². The van der Waals surface area contributed by atoms with Crippen LogP contribution in [0.15, 0.2) is 29.0 Å². The molecule has 88 valence electrons. The van der Waals surface area contributed by atoms with Gasteiger partial charge < -0.3 is 4.57 Å². The van der Waals surface area contributed by atoms with Crippen molar-refractivity contribution in [3.63, 3.8) is 0 Å². The van der Waals surface area contributed by atoms with Gasteiger partial charge in [-0.25, -0.2) is 4.98 Å². The summed E-state index contributed by atoms with van der Waals surface area (Å²) >= 11 is 3.57. The van der Waals surface area contributed by atoms with Gasteiger partial charge in [-0.2, -0.15) is 0 Å². The van der Waals surface area contributed by atoms with Crippen molar-refractivity contribution in [2.45, 2.75) is 32.7 Å². The van der Waals surface area contributed by atoms with Crippen LogP contribution in [-0.2, 0) is 13.0 Å². The molecule has 0 amide bonds. The van der Waals surface area contributed by atoms with E-state index in [1.54, 1.807) is 0 Å². The number of aromatic nitrogens is 2. The second-order valence-electron chi connectivity index (χ2n) is 4.65. The highest BCUT2D eigenvalue weighted by Gasteiger charge is 2.19. The van der Waals surface area contributed by atoms with Crippen molar-refractivity contribution < 1.29 is 0 Å². The maximum absolute atomic E-state index is 4.67. The van der Waals surface area contributed by atoms with Gasteiger partial charge in [0.25, 0.3) is 0 Å². The molecule has 1 aliphatic rings. The number of aryl methyl sites for hydroxylation is 1. The van der Waals surface area contributed by atoms with Gasteiger partial charge in [0.15, 0.2) is 4.73 Å². The number of hydrogen-bond donors (Lipinski definition) is 0. The molecule has 3 heteroatoms. The molecular weight excluding hydrogens is 276 g/mol. The first-order valence-corrected chi connectivity index (χ1v) is 6.87. The molecule has 0 aliphatic carbocycles. The third kappa shape index (κ3) is 1.93. The average Bonchev–Trinajstić information content (AvgIpc) is 2.69. The SMILES string of the molecule is Cc1ccc(-c2nc(Br)n3c2CCCC3)cc1. The first-order chi connectivity index (χ1) is 8.25. The quantitative estimate of drug-likeness (QED) is 0.777. The van der Waals surface area contributed by atoms with Crippen molar-refractivity contribution >= 4 is 15.9 Å². The zero-order chi connectivity index (χ0) is 11.8. The molecule has 0 saturated heterocycles. The van der Waals surface area contributed by atoms with Crippen LogP contribution in [0.1, 0.15) is 24.1 Å². The molecule has 2 nitrogen and oxygen atoms in total. The summed E-state index contributed by atoms with van der Waals surface area (Å²) in [4.78, 5) is 4.67. The van der Waals surface area contributed by atoms with Gasteiger partial charge in [0.1, 0.15) is 0 Å². The highest BCUT2D eigenvalue weighted by Crippen LogP contribution is 2.30. The summed E-state index contributed by atoms with van der Waals surface area (Å²) < 4.78 is 3.28. The van der Waals surface area contributed by atoms with Crippen LogP contribution < -0.4 is 0 Å². The Morgan fingerprint density at radius 1 is 1.18 bits per heavy atom. The van der Waals surface area contributed by atoms with Gasteiger partial charge in [0.2, 0.25) is 0 Å². The van der Waals surface area contributed by atoms with Crippen LogP contribution in [0.2, 0.25) is 0 Å². The topological polar surface area (TPSA) is 17.8 Å². The fourth-order valence-electron chi connectivity index (χ4n) is 2.44. The molecule has 0 unspecified atom stereocenters. The molecule has 2 heterocycles. The molecule has 3 rings (SSSR count). The Kier molecular flexibility index (Phi) is 2.79. The Morgan fingerprint density at radius 2 is 1.94 bits per heavy atom. The molecule has 17 heavy (non-hydrogen) atoms. The predicted octanol–water partition coefficient (Wildman–Crippen LogP) is 3.96. The van der Waals surface area contributed by atoms with E-state index >= 15 is 0 Å². The summed E-state index contributed by atoms with van der Waals surface area (Å²) in [5.41, 5.74) is 5.05. The Bertz CT molecular complexity index is 540. The Morgan fingerprint density at radius 3 is 2.71 bits per heavy atom. The molecule has 0 fully saturated rings. The third-order valence-corrected chi connectivity index (χ3v) is 4.00. The zero-order valence-electron chi connectivity index (χ0n) is 9.91. The van der Waals surface area contributed by atoms with Crippen LogP contribution in [0.4, 0.5) is 0 Å². The largest absolute Gasteiger partial charge is 0.322 e. The summed E-state index contributed by atoms with van der Waals surface area (Å²) in [7, 11) is 0. The molecule has 0 N–H and O–H groups in total. The summed E-state index contributed by atoms with van der Waals surface area (Å²) in [6.07, 6.45) is 3.67. The van der Waals surface area contributed by atoms with Gasteiger partial charge in [0, 0.05) is 17.8 Å². The number of hydrogen-bond acceptors (Lipinski definition) is 1. The van der Waals surface area contributed by atoms with Crippen LogP contribution in [-0.4, -0.2) is 9.55 Å². The van der Waals surface area contributed by atoms with E-state index in [4.69, 9.17) is 0 Å². The molecule has 2 aromatic rings. The van der Waals surface area contributed by atoms with Crippen LogP contribution in [0.3, 0.4) is 0 Å². The lowest BCUT2D eigenvalue weighted by molar-refractivity contribution is 0.525. The zero-order valence-corrected chi connectivity index (χ0v) is 11.5. The van der Waals surface area contributed by atoms with Crippen molar-refractivity contribution in [1.82, 2.24) is 9.55 Å². The highest BCUT2D eigenvalue weighted by molar-refractivity contribution is 9.10. The maximum Gasteiger partial charge on any atom is 0.177 e. The van der Waals surface area contributed by atoms with Crippen LogP contribution in [0, 0.1) is 6.92 Å². The number of imidazole rings is 1. The van der Waals surface area contributed by atoms with E-state index in [0.29, 0.717) is 0 Å². The van der Waals surface area contributed by atoms with Crippen LogP contribution >= 0.6 is 15.9 Å². The third-order valence-electron chi connectivity index (χ3n) is 3.40. The number of nitrogens with zero attached hydrogens (tertiary/aromatic N) is 2. The van der Waals surface area contributed by atoms with Crippen molar-refractivity contribution in [3.05, 3.63) is 40.3 Å². The van der Waals surface area contributed by atoms with E-state index in [0.717, 1.165) is 23.4 Å². The first kappa shape index (κ1) is 11.0. The van der Waals surface area contributed by atoms with Crippen molar-refractivity contribution in [1.29, 1.82) is 0 Å². The van der Waals surface area contributed by atoms with Gasteiger partial charge in [-0.15, -0.1) is 0 Å².